The average Bonchev–Trinajstić information content (AvgIpc) is 2.50. The summed E-state index contributed by atoms with van der Waals surface area (Å²) in [6.45, 7) is 4.82. The highest BCUT2D eigenvalue weighted by molar-refractivity contribution is 5.96. The number of hydrogen-bond donors (Lipinski definition) is 2. The van der Waals surface area contributed by atoms with Crippen LogP contribution in [-0.4, -0.2) is 18.6 Å². The second-order valence-corrected chi connectivity index (χ2v) is 5.45. The van der Waals surface area contributed by atoms with Crippen molar-refractivity contribution in [3.63, 3.8) is 0 Å². The molecule has 0 saturated carbocycles. The van der Waals surface area contributed by atoms with Gasteiger partial charge in [0, 0.05) is 17.3 Å². The van der Waals surface area contributed by atoms with Crippen LogP contribution >= 0.6 is 0 Å². The molecule has 4 heteroatoms. The number of hydrogen-bond acceptors (Lipinski definition) is 3. The predicted molar refractivity (Wildman–Crippen MR) is 88.6 cm³/mol. The Hall–Kier alpha value is -2.33. The molecule has 116 valence electrons. The molecular formula is C18H22N2O2. The fourth-order valence-electron chi connectivity index (χ4n) is 2.16. The van der Waals surface area contributed by atoms with Crippen LogP contribution in [0.4, 0.5) is 5.69 Å². The summed E-state index contributed by atoms with van der Waals surface area (Å²) in [4.78, 5) is 12.2. The molecule has 1 unspecified atom stereocenters. The Morgan fingerprint density at radius 3 is 2.68 bits per heavy atom. The zero-order valence-corrected chi connectivity index (χ0v) is 13.0. The maximum Gasteiger partial charge on any atom is 0.251 e. The average molecular weight is 298 g/mol. The summed E-state index contributed by atoms with van der Waals surface area (Å²) >= 11 is 0. The summed E-state index contributed by atoms with van der Waals surface area (Å²) in [6, 6.07) is 15.2. The van der Waals surface area contributed by atoms with Gasteiger partial charge in [0.1, 0.15) is 0 Å². The highest BCUT2D eigenvalue weighted by Crippen LogP contribution is 2.12. The second-order valence-electron chi connectivity index (χ2n) is 5.45. The van der Waals surface area contributed by atoms with Gasteiger partial charge in [-0.15, -0.1) is 0 Å². The molecule has 0 spiro atoms. The van der Waals surface area contributed by atoms with Crippen molar-refractivity contribution < 1.29 is 9.53 Å². The first-order valence-electron chi connectivity index (χ1n) is 7.35. The van der Waals surface area contributed by atoms with Gasteiger partial charge in [0.15, 0.2) is 0 Å². The van der Waals surface area contributed by atoms with E-state index in [0.717, 1.165) is 11.1 Å². The lowest BCUT2D eigenvalue weighted by molar-refractivity contribution is 0.0820. The third-order valence-electron chi connectivity index (χ3n) is 3.36. The lowest BCUT2D eigenvalue weighted by atomic mass is 10.1. The number of aryl methyl sites for hydroxylation is 1. The zero-order chi connectivity index (χ0) is 15.9. The molecule has 2 rings (SSSR count). The van der Waals surface area contributed by atoms with Crippen molar-refractivity contribution in [2.24, 2.45) is 0 Å². The number of carbonyl (C=O) groups excluding carboxylic acids is 1. The minimum Gasteiger partial charge on any atom is -0.399 e. The highest BCUT2D eigenvalue weighted by atomic mass is 16.5. The Balaban J connectivity index is 1.82. The van der Waals surface area contributed by atoms with Crippen molar-refractivity contribution in [2.45, 2.75) is 26.5 Å². The first-order valence-corrected chi connectivity index (χ1v) is 7.35. The first kappa shape index (κ1) is 16.0. The Labute approximate surface area is 131 Å². The summed E-state index contributed by atoms with van der Waals surface area (Å²) in [6.07, 6.45) is 0. The molecule has 22 heavy (non-hydrogen) atoms. The minimum atomic E-state index is -0.124. The van der Waals surface area contributed by atoms with Crippen LogP contribution in [0.2, 0.25) is 0 Å². The van der Waals surface area contributed by atoms with Crippen LogP contribution in [0.5, 0.6) is 0 Å². The minimum absolute atomic E-state index is 0.0722. The maximum atomic E-state index is 12.2. The van der Waals surface area contributed by atoms with Crippen molar-refractivity contribution in [3.05, 3.63) is 65.2 Å². The molecule has 3 N–H and O–H groups in total. The summed E-state index contributed by atoms with van der Waals surface area (Å²) in [7, 11) is 0. The van der Waals surface area contributed by atoms with Crippen LogP contribution in [0.3, 0.4) is 0 Å². The summed E-state index contributed by atoms with van der Waals surface area (Å²) in [5.74, 6) is -0.124. The van der Waals surface area contributed by atoms with Crippen LogP contribution in [-0.2, 0) is 11.3 Å². The molecule has 0 fully saturated rings. The van der Waals surface area contributed by atoms with Gasteiger partial charge >= 0.3 is 0 Å². The van der Waals surface area contributed by atoms with Gasteiger partial charge in [-0.25, -0.2) is 0 Å². The third-order valence-corrected chi connectivity index (χ3v) is 3.36. The normalized spacial score (nSPS) is 11.9. The molecule has 1 atom stereocenters. The van der Waals surface area contributed by atoms with E-state index in [1.807, 2.05) is 50.2 Å². The molecule has 1 amide bonds. The highest BCUT2D eigenvalue weighted by Gasteiger charge is 2.12. The molecule has 0 saturated heterocycles. The second kappa shape index (κ2) is 7.61. The van der Waals surface area contributed by atoms with E-state index in [-0.39, 0.29) is 11.9 Å². The molecule has 0 aliphatic heterocycles. The number of nitrogen functional groups attached to an aromatic ring is 1. The van der Waals surface area contributed by atoms with Crippen molar-refractivity contribution in [1.29, 1.82) is 0 Å². The lowest BCUT2D eigenvalue weighted by Crippen LogP contribution is -2.36. The molecule has 0 aromatic heterocycles. The van der Waals surface area contributed by atoms with Crippen molar-refractivity contribution >= 4 is 11.6 Å². The number of anilines is 1. The van der Waals surface area contributed by atoms with Crippen LogP contribution in [0.25, 0.3) is 0 Å². The summed E-state index contributed by atoms with van der Waals surface area (Å²) in [5, 5.41) is 2.93. The largest absolute Gasteiger partial charge is 0.399 e. The van der Waals surface area contributed by atoms with Gasteiger partial charge in [0.25, 0.3) is 5.91 Å². The molecule has 0 bridgehead atoms. The van der Waals surface area contributed by atoms with Crippen LogP contribution < -0.4 is 11.1 Å². The molecule has 0 radical (unpaired) electrons. The third kappa shape index (κ3) is 4.60. The Bertz CT molecular complexity index is 626. The topological polar surface area (TPSA) is 64.4 Å². The Kier molecular flexibility index (Phi) is 5.55. The van der Waals surface area contributed by atoms with Gasteiger partial charge in [-0.2, -0.15) is 0 Å². The van der Waals surface area contributed by atoms with Crippen molar-refractivity contribution in [2.75, 3.05) is 12.3 Å². The molecule has 4 nitrogen and oxygen atoms in total. The van der Waals surface area contributed by atoms with E-state index >= 15 is 0 Å². The standard InChI is InChI=1S/C18H22N2O2/c1-13-8-9-16(19)10-17(13)18(21)20-14(2)11-22-12-15-6-4-3-5-7-15/h3-10,14H,11-12,19H2,1-2H3,(H,20,21). The number of benzene rings is 2. The molecule has 0 heterocycles. The van der Waals surface area contributed by atoms with Gasteiger partial charge in [-0.1, -0.05) is 36.4 Å². The molecular weight excluding hydrogens is 276 g/mol. The van der Waals surface area contributed by atoms with Gasteiger partial charge < -0.3 is 15.8 Å². The van der Waals surface area contributed by atoms with Crippen molar-refractivity contribution in [1.82, 2.24) is 5.32 Å². The molecule has 2 aromatic rings. The van der Waals surface area contributed by atoms with Crippen LogP contribution in [0.15, 0.2) is 48.5 Å². The summed E-state index contributed by atoms with van der Waals surface area (Å²) < 4.78 is 5.63. The van der Waals surface area contributed by atoms with Crippen LogP contribution in [0.1, 0.15) is 28.4 Å². The number of rotatable bonds is 6. The van der Waals surface area contributed by atoms with Gasteiger partial charge in [-0.05, 0) is 37.1 Å². The van der Waals surface area contributed by atoms with Crippen LogP contribution in [0, 0.1) is 6.92 Å². The maximum absolute atomic E-state index is 12.2. The Morgan fingerprint density at radius 1 is 1.23 bits per heavy atom. The fourth-order valence-corrected chi connectivity index (χ4v) is 2.16. The van der Waals surface area contributed by atoms with E-state index in [1.54, 1.807) is 12.1 Å². The Morgan fingerprint density at radius 2 is 1.95 bits per heavy atom. The quantitative estimate of drug-likeness (QED) is 0.806. The monoisotopic (exact) mass is 298 g/mol. The van der Waals surface area contributed by atoms with Gasteiger partial charge in [0.05, 0.1) is 13.2 Å². The number of carbonyl (C=O) groups is 1. The molecule has 0 aliphatic carbocycles. The zero-order valence-electron chi connectivity index (χ0n) is 13.0. The van der Waals surface area contributed by atoms with Gasteiger partial charge in [0.2, 0.25) is 0 Å². The number of ether oxygens (including phenoxy) is 1. The fraction of sp³-hybridized carbons (Fsp3) is 0.278. The van der Waals surface area contributed by atoms with E-state index in [2.05, 4.69) is 5.32 Å². The van der Waals surface area contributed by atoms with Crippen molar-refractivity contribution in [3.8, 4) is 0 Å². The van der Waals surface area contributed by atoms with E-state index in [4.69, 9.17) is 10.5 Å². The molecule has 2 aromatic carbocycles. The van der Waals surface area contributed by atoms with E-state index in [1.165, 1.54) is 0 Å². The van der Waals surface area contributed by atoms with E-state index in [9.17, 15) is 4.79 Å². The van der Waals surface area contributed by atoms with Gasteiger partial charge in [-0.3, -0.25) is 4.79 Å². The van der Waals surface area contributed by atoms with E-state index < -0.39 is 0 Å². The SMILES string of the molecule is Cc1ccc(N)cc1C(=O)NC(C)COCc1ccccc1. The first-order chi connectivity index (χ1) is 10.6. The number of nitrogens with two attached hydrogens (primary N) is 1. The lowest BCUT2D eigenvalue weighted by Gasteiger charge is -2.15. The predicted octanol–water partition coefficient (Wildman–Crippen LogP) is 2.91. The number of nitrogens with one attached hydrogen (secondary N) is 1. The smallest absolute Gasteiger partial charge is 0.251 e. The van der Waals surface area contributed by atoms with E-state index in [0.29, 0.717) is 24.5 Å². The number of amides is 1. The molecule has 0 aliphatic rings. The summed E-state index contributed by atoms with van der Waals surface area (Å²) in [5.41, 5.74) is 8.95.